The molecule has 6 nitrogen and oxygen atoms in total. The van der Waals surface area contributed by atoms with E-state index in [0.717, 1.165) is 11.3 Å². The minimum absolute atomic E-state index is 0.0132. The lowest BCUT2D eigenvalue weighted by atomic mass is 9.68. The van der Waals surface area contributed by atoms with Gasteiger partial charge in [0.15, 0.2) is 11.5 Å². The molecule has 3 atom stereocenters. The number of ether oxygens (including phenoxy) is 2. The number of aromatic hydroxyl groups is 1. The molecule has 178 valence electrons. The van der Waals surface area contributed by atoms with Gasteiger partial charge in [-0.3, -0.25) is 4.79 Å². The molecular formula is C27H28ClNO5. The van der Waals surface area contributed by atoms with E-state index in [4.69, 9.17) is 21.1 Å². The fourth-order valence-corrected chi connectivity index (χ4v) is 4.92. The molecule has 0 fully saturated rings. The lowest BCUT2D eigenvalue weighted by Gasteiger charge is -2.39. The van der Waals surface area contributed by atoms with Crippen molar-refractivity contribution in [3.63, 3.8) is 0 Å². The zero-order chi connectivity index (χ0) is 24.6. The highest BCUT2D eigenvalue weighted by Crippen LogP contribution is 2.47. The van der Waals surface area contributed by atoms with Gasteiger partial charge < -0.3 is 19.9 Å². The zero-order valence-electron chi connectivity index (χ0n) is 19.6. The second kappa shape index (κ2) is 9.55. The van der Waals surface area contributed by atoms with Gasteiger partial charge in [-0.1, -0.05) is 35.9 Å². The maximum absolute atomic E-state index is 13.6. The molecule has 4 rings (SSSR count). The second-order valence-corrected chi connectivity index (χ2v) is 9.39. The molecule has 0 bridgehead atoms. The van der Waals surface area contributed by atoms with E-state index < -0.39 is 17.8 Å². The molecule has 1 aliphatic heterocycles. The molecule has 0 aromatic heterocycles. The summed E-state index contributed by atoms with van der Waals surface area (Å²) in [4.78, 5) is 26.8. The van der Waals surface area contributed by atoms with Crippen molar-refractivity contribution in [3.05, 3.63) is 81.7 Å². The highest BCUT2D eigenvalue weighted by molar-refractivity contribution is 6.30. The molecule has 0 saturated carbocycles. The Morgan fingerprint density at radius 2 is 1.79 bits per heavy atom. The number of rotatable bonds is 5. The molecule has 0 spiro atoms. The van der Waals surface area contributed by atoms with Crippen LogP contribution in [0.1, 0.15) is 50.2 Å². The predicted molar refractivity (Wildman–Crippen MR) is 130 cm³/mol. The highest BCUT2D eigenvalue weighted by atomic mass is 35.5. The highest BCUT2D eigenvalue weighted by Gasteiger charge is 2.45. The number of allylic oxidation sites excluding steroid dienone is 3. The number of carbonyl (C=O) groups is 2. The van der Waals surface area contributed by atoms with Crippen molar-refractivity contribution in [1.29, 1.82) is 0 Å². The summed E-state index contributed by atoms with van der Waals surface area (Å²) in [5.74, 6) is -1.45. The van der Waals surface area contributed by atoms with Gasteiger partial charge in [-0.25, -0.2) is 4.79 Å². The number of Topliss-reactive ketones (excluding diaryl/α,β-unsaturated/α-hetero) is 1. The third-order valence-corrected chi connectivity index (χ3v) is 6.54. The zero-order valence-corrected chi connectivity index (χ0v) is 20.3. The number of methoxy groups -OCH3 is 1. The number of hydrogen-bond donors (Lipinski definition) is 2. The molecule has 2 N–H and O–H groups in total. The van der Waals surface area contributed by atoms with Crippen LogP contribution in [-0.4, -0.2) is 30.1 Å². The SMILES string of the molecule is COc1cc(C2C(C(=O)OC(C)C)=C(C)NC3=CC(c4ccc(Cl)cc4)CC(=O)C32)ccc1O. The topological polar surface area (TPSA) is 84.9 Å². The van der Waals surface area contributed by atoms with Gasteiger partial charge in [0.2, 0.25) is 0 Å². The van der Waals surface area contributed by atoms with E-state index in [1.807, 2.05) is 31.2 Å². The maximum Gasteiger partial charge on any atom is 0.336 e. The fraction of sp³-hybridized carbons (Fsp3) is 0.333. The fourth-order valence-electron chi connectivity index (χ4n) is 4.79. The van der Waals surface area contributed by atoms with Gasteiger partial charge >= 0.3 is 5.97 Å². The first-order chi connectivity index (χ1) is 16.2. The van der Waals surface area contributed by atoms with E-state index in [2.05, 4.69) is 11.4 Å². The van der Waals surface area contributed by atoms with E-state index in [9.17, 15) is 14.7 Å². The second-order valence-electron chi connectivity index (χ2n) is 8.95. The lowest BCUT2D eigenvalue weighted by Crippen LogP contribution is -2.42. The number of nitrogens with one attached hydrogen (secondary N) is 1. The first kappa shape index (κ1) is 23.9. The van der Waals surface area contributed by atoms with Gasteiger partial charge in [-0.15, -0.1) is 0 Å². The Kier molecular flexibility index (Phi) is 6.71. The van der Waals surface area contributed by atoms with E-state index in [1.54, 1.807) is 26.0 Å². The quantitative estimate of drug-likeness (QED) is 0.569. The van der Waals surface area contributed by atoms with Crippen molar-refractivity contribution in [3.8, 4) is 11.5 Å². The van der Waals surface area contributed by atoms with Crippen LogP contribution < -0.4 is 10.1 Å². The third kappa shape index (κ3) is 4.55. The van der Waals surface area contributed by atoms with Crippen LogP contribution in [0.5, 0.6) is 11.5 Å². The Balaban J connectivity index is 1.84. The van der Waals surface area contributed by atoms with Crippen LogP contribution in [0.2, 0.25) is 5.02 Å². The van der Waals surface area contributed by atoms with Crippen molar-refractivity contribution in [2.45, 2.75) is 45.1 Å². The monoisotopic (exact) mass is 481 g/mol. The van der Waals surface area contributed by atoms with Crippen LogP contribution in [0.4, 0.5) is 0 Å². The molecule has 1 heterocycles. The number of ketones is 1. The molecule has 2 aromatic rings. The molecule has 7 heteroatoms. The van der Waals surface area contributed by atoms with E-state index >= 15 is 0 Å². The van der Waals surface area contributed by atoms with Crippen LogP contribution in [0.3, 0.4) is 0 Å². The van der Waals surface area contributed by atoms with Crippen molar-refractivity contribution >= 4 is 23.4 Å². The number of carbonyl (C=O) groups excluding carboxylic acids is 2. The normalized spacial score (nSPS) is 22.1. The van der Waals surface area contributed by atoms with E-state index in [0.29, 0.717) is 28.3 Å². The van der Waals surface area contributed by atoms with Gasteiger partial charge in [0.1, 0.15) is 5.78 Å². The molecule has 2 aromatic carbocycles. The first-order valence-electron chi connectivity index (χ1n) is 11.2. The van der Waals surface area contributed by atoms with Crippen LogP contribution in [0, 0.1) is 5.92 Å². The summed E-state index contributed by atoms with van der Waals surface area (Å²) in [6.07, 6.45) is 2.05. The van der Waals surface area contributed by atoms with Crippen LogP contribution in [0.15, 0.2) is 65.5 Å². The Labute approximate surface area is 204 Å². The molecule has 3 unspecified atom stereocenters. The summed E-state index contributed by atoms with van der Waals surface area (Å²) in [6.45, 7) is 5.39. The van der Waals surface area contributed by atoms with Crippen molar-refractivity contribution in [1.82, 2.24) is 5.32 Å². The summed E-state index contributed by atoms with van der Waals surface area (Å²) in [5.41, 5.74) is 3.49. The van der Waals surface area contributed by atoms with Gasteiger partial charge in [0.25, 0.3) is 0 Å². The van der Waals surface area contributed by atoms with Crippen molar-refractivity contribution in [2.24, 2.45) is 5.92 Å². The summed E-state index contributed by atoms with van der Waals surface area (Å²) < 4.78 is 10.9. The number of benzene rings is 2. The number of esters is 1. The summed E-state index contributed by atoms with van der Waals surface area (Å²) in [5, 5.41) is 14.1. The Morgan fingerprint density at radius 1 is 1.12 bits per heavy atom. The van der Waals surface area contributed by atoms with Crippen molar-refractivity contribution in [2.75, 3.05) is 7.11 Å². The standard InChI is InChI=1S/C27H28ClNO5/c1-14(2)34-27(32)24-15(3)29-20-11-18(16-5-8-19(28)9-6-16)12-22(31)26(20)25(24)17-7-10-21(30)23(13-17)33-4/h5-11,13-14,18,25-26,29-30H,12H2,1-4H3. The Morgan fingerprint density at radius 3 is 2.44 bits per heavy atom. The van der Waals surface area contributed by atoms with Gasteiger partial charge in [0.05, 0.1) is 24.7 Å². The lowest BCUT2D eigenvalue weighted by molar-refractivity contribution is -0.143. The molecule has 34 heavy (non-hydrogen) atoms. The largest absolute Gasteiger partial charge is 0.504 e. The van der Waals surface area contributed by atoms with Gasteiger partial charge in [-0.2, -0.15) is 0 Å². The Bertz CT molecular complexity index is 1180. The number of halogens is 1. The van der Waals surface area contributed by atoms with Crippen LogP contribution in [0.25, 0.3) is 0 Å². The first-order valence-corrected chi connectivity index (χ1v) is 11.6. The summed E-state index contributed by atoms with van der Waals surface area (Å²) >= 11 is 6.04. The molecule has 0 amide bonds. The number of hydrogen-bond acceptors (Lipinski definition) is 6. The number of fused-ring (bicyclic) bond motifs is 1. The van der Waals surface area contributed by atoms with E-state index in [-0.39, 0.29) is 29.3 Å². The van der Waals surface area contributed by atoms with Crippen LogP contribution in [-0.2, 0) is 14.3 Å². The van der Waals surface area contributed by atoms with Gasteiger partial charge in [-0.05, 0) is 56.2 Å². The average Bonchev–Trinajstić information content (AvgIpc) is 2.78. The molecule has 0 saturated heterocycles. The minimum Gasteiger partial charge on any atom is -0.504 e. The molecule has 2 aliphatic rings. The predicted octanol–water partition coefficient (Wildman–Crippen LogP) is 5.22. The summed E-state index contributed by atoms with van der Waals surface area (Å²) in [7, 11) is 1.46. The van der Waals surface area contributed by atoms with Gasteiger partial charge in [0, 0.05) is 34.7 Å². The van der Waals surface area contributed by atoms with Crippen molar-refractivity contribution < 1.29 is 24.2 Å². The molecule has 0 radical (unpaired) electrons. The third-order valence-electron chi connectivity index (χ3n) is 6.29. The van der Waals surface area contributed by atoms with E-state index in [1.165, 1.54) is 13.2 Å². The Hall–Kier alpha value is -3.25. The molecular weight excluding hydrogens is 454 g/mol. The summed E-state index contributed by atoms with van der Waals surface area (Å²) in [6, 6.07) is 12.4. The van der Waals surface area contributed by atoms with Crippen LogP contribution >= 0.6 is 11.6 Å². The molecule has 1 aliphatic carbocycles. The minimum atomic E-state index is -0.587. The number of phenols is 1. The smallest absolute Gasteiger partial charge is 0.336 e. The average molecular weight is 482 g/mol. The maximum atomic E-state index is 13.6. The number of phenolic OH excluding ortho intramolecular Hbond substituents is 1.